The van der Waals surface area contributed by atoms with Crippen LogP contribution in [0.1, 0.15) is 33.7 Å². The van der Waals surface area contributed by atoms with E-state index in [1.807, 2.05) is 6.92 Å². The maximum absolute atomic E-state index is 14.6. The molecule has 3 heterocycles. The molecule has 1 aromatic carbocycles. The molecule has 42 heavy (non-hydrogen) atoms. The summed E-state index contributed by atoms with van der Waals surface area (Å²) in [6.07, 6.45) is -2.02. The van der Waals surface area contributed by atoms with Crippen molar-refractivity contribution in [2.24, 2.45) is 0 Å². The first kappa shape index (κ1) is 30.0. The van der Waals surface area contributed by atoms with Gasteiger partial charge in [-0.15, -0.1) is 23.4 Å². The number of nitrogens with one attached hydrogen (secondary N) is 2. The van der Waals surface area contributed by atoms with Gasteiger partial charge in [-0.05, 0) is 36.8 Å². The lowest BCUT2D eigenvalue weighted by molar-refractivity contribution is -0.274. The Morgan fingerprint density at radius 3 is 2.60 bits per heavy atom. The number of hydrogen-bond acceptors (Lipinski definition) is 8. The van der Waals surface area contributed by atoms with E-state index in [0.29, 0.717) is 0 Å². The number of benzene rings is 1. The molecule has 1 unspecified atom stereocenters. The monoisotopic (exact) mass is 593 g/mol. The Hall–Kier alpha value is -4.96. The highest BCUT2D eigenvalue weighted by molar-refractivity contribution is 5.92. The van der Waals surface area contributed by atoms with Gasteiger partial charge in [0.25, 0.3) is 5.91 Å². The first-order valence-electron chi connectivity index (χ1n) is 12.4. The molecule has 0 saturated carbocycles. The van der Waals surface area contributed by atoms with Crippen molar-refractivity contribution in [3.63, 3.8) is 0 Å². The SMILES string of the molecule is Cc1ccc(CC(=O)Nc2cn(CCC(F)Cn3cc(C(=O)NCc4cc(OC(F)(F)F)ccc4F)nn3)nn2)cn1. The van der Waals surface area contributed by atoms with Gasteiger partial charge in [0.2, 0.25) is 5.91 Å². The number of aromatic nitrogens is 7. The third kappa shape index (κ3) is 9.03. The molecule has 0 saturated heterocycles. The fourth-order valence-corrected chi connectivity index (χ4v) is 3.65. The van der Waals surface area contributed by atoms with Gasteiger partial charge in [-0.3, -0.25) is 19.3 Å². The van der Waals surface area contributed by atoms with Crippen LogP contribution in [0.15, 0.2) is 48.9 Å². The minimum absolute atomic E-state index is 0.00276. The van der Waals surface area contributed by atoms with Crippen LogP contribution in [0.4, 0.5) is 27.8 Å². The van der Waals surface area contributed by atoms with Gasteiger partial charge >= 0.3 is 6.36 Å². The molecule has 2 amide bonds. The number of nitrogens with zero attached hydrogens (tertiary/aromatic N) is 7. The van der Waals surface area contributed by atoms with Crippen LogP contribution in [0.3, 0.4) is 0 Å². The highest BCUT2D eigenvalue weighted by Gasteiger charge is 2.31. The number of amides is 2. The van der Waals surface area contributed by atoms with Crippen molar-refractivity contribution >= 4 is 17.6 Å². The van der Waals surface area contributed by atoms with Crippen molar-refractivity contribution in [3.05, 3.63) is 77.3 Å². The molecule has 4 rings (SSSR count). The van der Waals surface area contributed by atoms with Gasteiger partial charge in [0, 0.05) is 37.0 Å². The van der Waals surface area contributed by atoms with E-state index in [2.05, 4.69) is 41.0 Å². The second-order valence-electron chi connectivity index (χ2n) is 9.10. The predicted molar refractivity (Wildman–Crippen MR) is 135 cm³/mol. The van der Waals surface area contributed by atoms with Crippen LogP contribution in [-0.4, -0.2) is 59.3 Å². The summed E-state index contributed by atoms with van der Waals surface area (Å²) in [6.45, 7) is 1.28. The zero-order valence-corrected chi connectivity index (χ0v) is 22.0. The summed E-state index contributed by atoms with van der Waals surface area (Å²) in [5.74, 6) is -2.39. The minimum atomic E-state index is -4.96. The Kier molecular flexibility index (Phi) is 9.39. The zero-order chi connectivity index (χ0) is 30.3. The first-order valence-corrected chi connectivity index (χ1v) is 12.4. The molecular formula is C25H24F5N9O3. The minimum Gasteiger partial charge on any atom is -0.406 e. The molecular weight excluding hydrogens is 569 g/mol. The number of anilines is 1. The number of carbonyl (C=O) groups excluding carboxylic acids is 2. The number of aryl methyl sites for hydroxylation is 2. The molecule has 222 valence electrons. The summed E-state index contributed by atoms with van der Waals surface area (Å²) in [7, 11) is 0. The topological polar surface area (TPSA) is 142 Å². The number of halogens is 5. The van der Waals surface area contributed by atoms with E-state index in [4.69, 9.17) is 0 Å². The molecule has 0 fully saturated rings. The van der Waals surface area contributed by atoms with Crippen molar-refractivity contribution in [3.8, 4) is 5.75 Å². The molecule has 12 nitrogen and oxygen atoms in total. The molecule has 0 aliphatic rings. The smallest absolute Gasteiger partial charge is 0.406 e. The molecule has 1 atom stereocenters. The Balaban J connectivity index is 1.21. The maximum Gasteiger partial charge on any atom is 0.573 e. The molecule has 3 aromatic heterocycles. The van der Waals surface area contributed by atoms with Crippen molar-refractivity contribution < 1.29 is 36.3 Å². The average Bonchev–Trinajstić information content (AvgIpc) is 3.57. The van der Waals surface area contributed by atoms with Crippen molar-refractivity contribution in [2.75, 3.05) is 5.32 Å². The Bertz CT molecular complexity index is 1520. The van der Waals surface area contributed by atoms with Crippen LogP contribution in [0.5, 0.6) is 5.75 Å². The van der Waals surface area contributed by atoms with E-state index in [0.717, 1.165) is 34.1 Å². The highest BCUT2D eigenvalue weighted by atomic mass is 19.4. The van der Waals surface area contributed by atoms with Gasteiger partial charge in [0.1, 0.15) is 17.7 Å². The number of pyridine rings is 1. The molecule has 0 aliphatic carbocycles. The van der Waals surface area contributed by atoms with Crippen LogP contribution >= 0.6 is 0 Å². The second-order valence-corrected chi connectivity index (χ2v) is 9.10. The molecule has 4 aromatic rings. The van der Waals surface area contributed by atoms with Gasteiger partial charge in [-0.25, -0.2) is 13.5 Å². The summed E-state index contributed by atoms with van der Waals surface area (Å²) >= 11 is 0. The number of alkyl halides is 4. The number of rotatable bonds is 12. The molecule has 0 radical (unpaired) electrons. The van der Waals surface area contributed by atoms with E-state index < -0.39 is 36.6 Å². The quantitative estimate of drug-likeness (QED) is 0.239. The lowest BCUT2D eigenvalue weighted by Crippen LogP contribution is -2.24. The predicted octanol–water partition coefficient (Wildman–Crippen LogP) is 3.15. The first-order chi connectivity index (χ1) is 19.9. The zero-order valence-electron chi connectivity index (χ0n) is 22.0. The third-order valence-electron chi connectivity index (χ3n) is 5.66. The molecule has 0 bridgehead atoms. The van der Waals surface area contributed by atoms with Crippen molar-refractivity contribution in [1.82, 2.24) is 40.3 Å². The lowest BCUT2D eigenvalue weighted by Gasteiger charge is -2.11. The summed E-state index contributed by atoms with van der Waals surface area (Å²) in [4.78, 5) is 28.7. The van der Waals surface area contributed by atoms with Crippen molar-refractivity contribution in [2.45, 2.75) is 51.9 Å². The van der Waals surface area contributed by atoms with Crippen LogP contribution < -0.4 is 15.4 Å². The van der Waals surface area contributed by atoms with E-state index in [1.165, 1.54) is 17.1 Å². The van der Waals surface area contributed by atoms with Gasteiger partial charge in [-0.1, -0.05) is 16.5 Å². The van der Waals surface area contributed by atoms with E-state index in [9.17, 15) is 31.5 Å². The second kappa shape index (κ2) is 13.1. The van der Waals surface area contributed by atoms with Gasteiger partial charge in [-0.2, -0.15) is 0 Å². The normalized spacial score (nSPS) is 12.1. The largest absolute Gasteiger partial charge is 0.573 e. The summed E-state index contributed by atoms with van der Waals surface area (Å²) in [6, 6.07) is 5.99. The summed E-state index contributed by atoms with van der Waals surface area (Å²) < 4.78 is 71.9. The fraction of sp³-hybridized carbons (Fsp3) is 0.320. The molecule has 0 spiro atoms. The van der Waals surface area contributed by atoms with Gasteiger partial charge < -0.3 is 15.4 Å². The van der Waals surface area contributed by atoms with E-state index >= 15 is 0 Å². The Labute approximate surface area is 234 Å². The average molecular weight is 594 g/mol. The number of hydrogen-bond donors (Lipinski definition) is 2. The fourth-order valence-electron chi connectivity index (χ4n) is 3.65. The number of carbonyl (C=O) groups is 2. The van der Waals surface area contributed by atoms with E-state index in [-0.39, 0.29) is 48.9 Å². The highest BCUT2D eigenvalue weighted by Crippen LogP contribution is 2.24. The summed E-state index contributed by atoms with van der Waals surface area (Å²) in [5, 5.41) is 20.0. The van der Waals surface area contributed by atoms with Crippen LogP contribution in [-0.2, 0) is 30.8 Å². The number of ether oxygens (including phenoxy) is 1. The van der Waals surface area contributed by atoms with Gasteiger partial charge in [0.05, 0.1) is 25.4 Å². The molecule has 17 heteroatoms. The van der Waals surface area contributed by atoms with Crippen LogP contribution in [0.2, 0.25) is 0 Å². The Morgan fingerprint density at radius 1 is 1.07 bits per heavy atom. The maximum atomic E-state index is 14.6. The summed E-state index contributed by atoms with van der Waals surface area (Å²) in [5.41, 5.74) is 1.12. The van der Waals surface area contributed by atoms with Crippen LogP contribution in [0.25, 0.3) is 0 Å². The van der Waals surface area contributed by atoms with Crippen LogP contribution in [0, 0.1) is 12.7 Å². The Morgan fingerprint density at radius 2 is 1.86 bits per heavy atom. The van der Waals surface area contributed by atoms with Gasteiger partial charge in [0.15, 0.2) is 11.5 Å². The standard InChI is InChI=1S/C25H24F5N9O3/c1-15-2-3-16(10-31-15)8-23(40)33-22-14-38(37-35-22)7-6-18(26)12-39-13-21(34-36-39)24(41)32-11-17-9-19(4-5-20(17)27)42-25(28,29)30/h2-5,9-10,13-14,18H,6-8,11-12H2,1H3,(H,32,41)(H,33,40). The lowest BCUT2D eigenvalue weighted by atomic mass is 10.2. The van der Waals surface area contributed by atoms with E-state index in [1.54, 1.807) is 18.3 Å². The van der Waals surface area contributed by atoms with Crippen molar-refractivity contribution in [1.29, 1.82) is 0 Å². The third-order valence-corrected chi connectivity index (χ3v) is 5.66. The molecule has 0 aliphatic heterocycles. The molecule has 2 N–H and O–H groups in total.